The summed E-state index contributed by atoms with van der Waals surface area (Å²) in [4.78, 5) is 21.2. The molecule has 0 spiro atoms. The SMILES string of the molecule is COCc1nc(C(=O)Nc2ccc3nc(C4CC4)sc3c2)cs1. The molecule has 0 bridgehead atoms. The molecule has 0 radical (unpaired) electrons. The molecule has 2 heterocycles. The number of carbonyl (C=O) groups is 1. The fourth-order valence-electron chi connectivity index (χ4n) is 2.33. The standard InChI is InChI=1S/C16H15N3O2S2/c1-21-7-14-18-12(8-22-14)15(20)17-10-4-5-11-13(6-10)23-16(19-11)9-2-3-9/h4-6,8-9H,2-3,7H2,1H3,(H,17,20). The van der Waals surface area contributed by atoms with E-state index in [2.05, 4.69) is 15.3 Å². The number of thiazole rings is 2. The number of hydrogen-bond acceptors (Lipinski definition) is 6. The van der Waals surface area contributed by atoms with Crippen LogP contribution in [0.5, 0.6) is 0 Å². The predicted octanol–water partition coefficient (Wildman–Crippen LogP) is 4.03. The fraction of sp³-hybridized carbons (Fsp3) is 0.312. The summed E-state index contributed by atoms with van der Waals surface area (Å²) in [5.41, 5.74) is 2.20. The largest absolute Gasteiger partial charge is 0.378 e. The molecule has 0 aliphatic heterocycles. The summed E-state index contributed by atoms with van der Waals surface area (Å²) in [6.07, 6.45) is 2.49. The summed E-state index contributed by atoms with van der Waals surface area (Å²) in [7, 11) is 1.61. The molecule has 1 saturated carbocycles. The molecule has 0 atom stereocenters. The van der Waals surface area contributed by atoms with Gasteiger partial charge in [-0.05, 0) is 31.0 Å². The van der Waals surface area contributed by atoms with Gasteiger partial charge < -0.3 is 10.1 Å². The molecule has 2 aromatic heterocycles. The molecule has 1 fully saturated rings. The monoisotopic (exact) mass is 345 g/mol. The second-order valence-electron chi connectivity index (χ2n) is 5.52. The van der Waals surface area contributed by atoms with E-state index >= 15 is 0 Å². The van der Waals surface area contributed by atoms with Crippen molar-refractivity contribution in [2.75, 3.05) is 12.4 Å². The normalized spacial score (nSPS) is 14.3. The number of aromatic nitrogens is 2. The lowest BCUT2D eigenvalue weighted by atomic mass is 10.3. The summed E-state index contributed by atoms with van der Waals surface area (Å²) in [6.45, 7) is 0.425. The molecule has 7 heteroatoms. The first-order valence-corrected chi connectivity index (χ1v) is 9.08. The van der Waals surface area contributed by atoms with Crippen LogP contribution in [0.4, 0.5) is 5.69 Å². The van der Waals surface area contributed by atoms with Crippen LogP contribution in [-0.2, 0) is 11.3 Å². The maximum absolute atomic E-state index is 12.3. The number of carbonyl (C=O) groups excluding carboxylic acids is 1. The van der Waals surface area contributed by atoms with Crippen molar-refractivity contribution < 1.29 is 9.53 Å². The van der Waals surface area contributed by atoms with Crippen LogP contribution in [0.2, 0.25) is 0 Å². The molecule has 1 aliphatic carbocycles. The van der Waals surface area contributed by atoms with Crippen LogP contribution >= 0.6 is 22.7 Å². The Labute approximate surface area is 141 Å². The minimum atomic E-state index is -0.199. The topological polar surface area (TPSA) is 64.1 Å². The van der Waals surface area contributed by atoms with Crippen LogP contribution in [0.15, 0.2) is 23.6 Å². The smallest absolute Gasteiger partial charge is 0.275 e. The van der Waals surface area contributed by atoms with Gasteiger partial charge in [0.15, 0.2) is 0 Å². The summed E-state index contributed by atoms with van der Waals surface area (Å²) < 4.78 is 6.14. The number of ether oxygens (including phenoxy) is 1. The number of fused-ring (bicyclic) bond motifs is 1. The average molecular weight is 345 g/mol. The molecule has 1 N–H and O–H groups in total. The van der Waals surface area contributed by atoms with Gasteiger partial charge in [-0.15, -0.1) is 22.7 Å². The van der Waals surface area contributed by atoms with E-state index in [1.54, 1.807) is 23.8 Å². The molecule has 23 heavy (non-hydrogen) atoms. The van der Waals surface area contributed by atoms with Gasteiger partial charge in [-0.1, -0.05) is 0 Å². The third-order valence-electron chi connectivity index (χ3n) is 3.64. The maximum atomic E-state index is 12.3. The number of hydrogen-bond donors (Lipinski definition) is 1. The molecule has 118 valence electrons. The van der Waals surface area contributed by atoms with Crippen molar-refractivity contribution in [2.45, 2.75) is 25.4 Å². The van der Waals surface area contributed by atoms with Crippen molar-refractivity contribution in [1.82, 2.24) is 9.97 Å². The Morgan fingerprint density at radius 1 is 1.39 bits per heavy atom. The Kier molecular flexibility index (Phi) is 3.84. The molecule has 5 nitrogen and oxygen atoms in total. The van der Waals surface area contributed by atoms with Crippen molar-refractivity contribution >= 4 is 44.5 Å². The summed E-state index contributed by atoms with van der Waals surface area (Å²) in [5, 5.41) is 6.66. The van der Waals surface area contributed by atoms with Gasteiger partial charge in [-0.2, -0.15) is 0 Å². The zero-order valence-electron chi connectivity index (χ0n) is 12.5. The van der Waals surface area contributed by atoms with Crippen molar-refractivity contribution in [3.63, 3.8) is 0 Å². The highest BCUT2D eigenvalue weighted by Gasteiger charge is 2.27. The number of nitrogens with one attached hydrogen (secondary N) is 1. The molecule has 0 saturated heterocycles. The van der Waals surface area contributed by atoms with Crippen LogP contribution in [0.1, 0.15) is 39.3 Å². The zero-order valence-corrected chi connectivity index (χ0v) is 14.2. The fourth-order valence-corrected chi connectivity index (χ4v) is 4.25. The van der Waals surface area contributed by atoms with Gasteiger partial charge in [0, 0.05) is 24.1 Å². The van der Waals surface area contributed by atoms with E-state index in [-0.39, 0.29) is 5.91 Å². The van der Waals surface area contributed by atoms with Gasteiger partial charge in [0.05, 0.1) is 21.8 Å². The Balaban J connectivity index is 1.52. The molecular formula is C16H15N3O2S2. The quantitative estimate of drug-likeness (QED) is 0.758. The minimum absolute atomic E-state index is 0.199. The van der Waals surface area contributed by atoms with Crippen molar-refractivity contribution in [3.8, 4) is 0 Å². The second kappa shape index (κ2) is 5.99. The van der Waals surface area contributed by atoms with E-state index in [4.69, 9.17) is 4.74 Å². The minimum Gasteiger partial charge on any atom is -0.378 e. The van der Waals surface area contributed by atoms with Gasteiger partial charge in [0.1, 0.15) is 10.7 Å². The number of rotatable bonds is 5. The molecular weight excluding hydrogens is 330 g/mol. The molecule has 1 amide bonds. The highest BCUT2D eigenvalue weighted by Crippen LogP contribution is 2.43. The number of amides is 1. The summed E-state index contributed by atoms with van der Waals surface area (Å²) in [5.74, 6) is 0.453. The lowest BCUT2D eigenvalue weighted by Crippen LogP contribution is -2.12. The Hall–Kier alpha value is -1.83. The first-order chi connectivity index (χ1) is 11.2. The van der Waals surface area contributed by atoms with E-state index < -0.39 is 0 Å². The molecule has 1 aromatic carbocycles. The summed E-state index contributed by atoms with van der Waals surface area (Å²) >= 11 is 3.15. The van der Waals surface area contributed by atoms with Crippen LogP contribution < -0.4 is 5.32 Å². The number of nitrogens with zero attached hydrogens (tertiary/aromatic N) is 2. The predicted molar refractivity (Wildman–Crippen MR) is 92.4 cm³/mol. The molecule has 3 aromatic rings. The average Bonchev–Trinajstić information content (AvgIpc) is 3.13. The van der Waals surface area contributed by atoms with Crippen LogP contribution in [0.25, 0.3) is 10.2 Å². The number of methoxy groups -OCH3 is 1. The zero-order chi connectivity index (χ0) is 15.8. The highest BCUT2D eigenvalue weighted by atomic mass is 32.1. The molecule has 0 unspecified atom stereocenters. The van der Waals surface area contributed by atoms with E-state index in [0.29, 0.717) is 18.2 Å². The van der Waals surface area contributed by atoms with E-state index in [1.807, 2.05) is 18.2 Å². The van der Waals surface area contributed by atoms with Gasteiger partial charge in [0.25, 0.3) is 5.91 Å². The van der Waals surface area contributed by atoms with Gasteiger partial charge in [-0.25, -0.2) is 9.97 Å². The Morgan fingerprint density at radius 2 is 2.26 bits per heavy atom. The van der Waals surface area contributed by atoms with E-state index in [9.17, 15) is 4.79 Å². The van der Waals surface area contributed by atoms with Gasteiger partial charge in [-0.3, -0.25) is 4.79 Å². The van der Waals surface area contributed by atoms with Crippen LogP contribution in [-0.4, -0.2) is 23.0 Å². The Morgan fingerprint density at radius 3 is 3.04 bits per heavy atom. The first kappa shape index (κ1) is 14.7. The van der Waals surface area contributed by atoms with Crippen molar-refractivity contribution in [2.24, 2.45) is 0 Å². The molecule has 4 rings (SSSR count). The first-order valence-electron chi connectivity index (χ1n) is 7.38. The van der Waals surface area contributed by atoms with Crippen molar-refractivity contribution in [3.05, 3.63) is 39.3 Å². The molecule has 1 aliphatic rings. The van der Waals surface area contributed by atoms with E-state index in [0.717, 1.165) is 20.9 Å². The van der Waals surface area contributed by atoms with Gasteiger partial charge >= 0.3 is 0 Å². The maximum Gasteiger partial charge on any atom is 0.275 e. The third-order valence-corrected chi connectivity index (χ3v) is 5.64. The summed E-state index contributed by atoms with van der Waals surface area (Å²) in [6, 6.07) is 5.84. The van der Waals surface area contributed by atoms with Crippen LogP contribution in [0, 0.1) is 0 Å². The number of anilines is 1. The Bertz CT molecular complexity index is 867. The lowest BCUT2D eigenvalue weighted by molar-refractivity contribution is 0.102. The van der Waals surface area contributed by atoms with Crippen molar-refractivity contribution in [1.29, 1.82) is 0 Å². The lowest BCUT2D eigenvalue weighted by Gasteiger charge is -2.02. The third kappa shape index (κ3) is 3.12. The van der Waals surface area contributed by atoms with E-state index in [1.165, 1.54) is 29.2 Å². The van der Waals surface area contributed by atoms with Crippen LogP contribution in [0.3, 0.4) is 0 Å². The number of benzene rings is 1. The highest BCUT2D eigenvalue weighted by molar-refractivity contribution is 7.18. The second-order valence-corrected chi connectivity index (χ2v) is 7.53. The van der Waals surface area contributed by atoms with Gasteiger partial charge in [0.2, 0.25) is 0 Å².